The van der Waals surface area contributed by atoms with Crippen LogP contribution in [0, 0.1) is 0 Å². The van der Waals surface area contributed by atoms with Crippen LogP contribution in [0.25, 0.3) is 0 Å². The van der Waals surface area contributed by atoms with Gasteiger partial charge in [0.05, 0.1) is 11.3 Å². The molecular weight excluding hydrogens is 412 g/mol. The monoisotopic (exact) mass is 432 g/mol. The molecule has 2 heterocycles. The second kappa shape index (κ2) is 7.67. The first-order valence-electron chi connectivity index (χ1n) is 9.97. The fourth-order valence-corrected chi connectivity index (χ4v) is 4.82. The molecule has 3 aromatic rings. The smallest absolute Gasteiger partial charge is 0.259 e. The molecule has 2 amide bonds. The maximum absolute atomic E-state index is 13.2. The fourth-order valence-electron chi connectivity index (χ4n) is 3.72. The van der Waals surface area contributed by atoms with Crippen LogP contribution < -0.4 is 19.7 Å². The van der Waals surface area contributed by atoms with Crippen molar-refractivity contribution in [1.82, 2.24) is 0 Å². The van der Waals surface area contributed by atoms with Crippen LogP contribution in [-0.4, -0.2) is 24.6 Å². The third kappa shape index (κ3) is 3.51. The summed E-state index contributed by atoms with van der Waals surface area (Å²) in [6, 6.07) is 18.3. The zero-order chi connectivity index (χ0) is 21.5. The zero-order valence-electron chi connectivity index (χ0n) is 17.0. The number of nitrogens with one attached hydrogen (secondary N) is 1. The van der Waals surface area contributed by atoms with E-state index in [2.05, 4.69) is 5.32 Å². The van der Waals surface area contributed by atoms with E-state index in [0.717, 1.165) is 15.5 Å². The average Bonchev–Trinajstić information content (AvgIpc) is 3.18. The van der Waals surface area contributed by atoms with E-state index >= 15 is 0 Å². The van der Waals surface area contributed by atoms with Crippen LogP contribution in [0.3, 0.4) is 0 Å². The van der Waals surface area contributed by atoms with E-state index in [4.69, 9.17) is 9.47 Å². The van der Waals surface area contributed by atoms with Crippen LogP contribution >= 0.6 is 11.8 Å². The maximum Gasteiger partial charge on any atom is 0.259 e. The Kier molecular flexibility index (Phi) is 4.82. The van der Waals surface area contributed by atoms with Crippen molar-refractivity contribution in [2.24, 2.45) is 0 Å². The van der Waals surface area contributed by atoms with Crippen LogP contribution in [-0.2, 0) is 0 Å². The fraction of sp³-hybridized carbons (Fsp3) is 0.167. The summed E-state index contributed by atoms with van der Waals surface area (Å²) in [5, 5.41) is 2.95. The first-order valence-corrected chi connectivity index (χ1v) is 10.8. The van der Waals surface area contributed by atoms with E-state index in [1.54, 1.807) is 23.1 Å². The molecule has 0 fully saturated rings. The molecule has 5 rings (SSSR count). The van der Waals surface area contributed by atoms with Crippen molar-refractivity contribution < 1.29 is 19.1 Å². The summed E-state index contributed by atoms with van der Waals surface area (Å²) in [7, 11) is 0. The van der Waals surface area contributed by atoms with Crippen LogP contribution in [0.1, 0.15) is 34.6 Å². The SMILES string of the molecule is CC(C)N1C(=O)c2ccccc2Sc2cc(NC(=O)c3ccc4c(c3)OCO4)ccc21. The molecule has 6 nitrogen and oxygen atoms in total. The summed E-state index contributed by atoms with van der Waals surface area (Å²) in [6.45, 7) is 4.15. The van der Waals surface area contributed by atoms with Gasteiger partial charge in [-0.3, -0.25) is 9.59 Å². The Balaban J connectivity index is 1.48. The van der Waals surface area contributed by atoms with Crippen LogP contribution in [0.2, 0.25) is 0 Å². The number of hydrogen-bond acceptors (Lipinski definition) is 5. The van der Waals surface area contributed by atoms with Crippen molar-refractivity contribution in [1.29, 1.82) is 0 Å². The van der Waals surface area contributed by atoms with Gasteiger partial charge in [-0.05, 0) is 62.4 Å². The minimum atomic E-state index is -0.242. The van der Waals surface area contributed by atoms with Crippen LogP contribution in [0.5, 0.6) is 11.5 Å². The van der Waals surface area contributed by atoms with Gasteiger partial charge in [0.25, 0.3) is 11.8 Å². The number of nitrogens with zero attached hydrogens (tertiary/aromatic N) is 1. The highest BCUT2D eigenvalue weighted by molar-refractivity contribution is 7.99. The topological polar surface area (TPSA) is 67.9 Å². The highest BCUT2D eigenvalue weighted by Gasteiger charge is 2.29. The number of hydrogen-bond donors (Lipinski definition) is 1. The standard InChI is InChI=1S/C24H20N2O4S/c1-14(2)26-18-9-8-16(12-22(18)31-21-6-4-3-5-17(21)24(26)28)25-23(27)15-7-10-19-20(11-15)30-13-29-19/h3-12,14H,13H2,1-2H3,(H,25,27). The quantitative estimate of drug-likeness (QED) is 0.617. The predicted molar refractivity (Wildman–Crippen MR) is 119 cm³/mol. The number of fused-ring (bicyclic) bond motifs is 3. The number of ether oxygens (including phenoxy) is 2. The molecule has 0 saturated heterocycles. The summed E-state index contributed by atoms with van der Waals surface area (Å²) in [4.78, 5) is 29.6. The van der Waals surface area contributed by atoms with Crippen LogP contribution in [0.4, 0.5) is 11.4 Å². The number of carbonyl (C=O) groups excluding carboxylic acids is 2. The summed E-state index contributed by atoms with van der Waals surface area (Å²) in [5.41, 5.74) is 2.66. The third-order valence-electron chi connectivity index (χ3n) is 5.18. The minimum absolute atomic E-state index is 0.00733. The summed E-state index contributed by atoms with van der Waals surface area (Å²) < 4.78 is 10.7. The molecule has 0 aliphatic carbocycles. The average molecular weight is 433 g/mol. The molecule has 0 aromatic heterocycles. The van der Waals surface area contributed by atoms with Crippen LogP contribution in [0.15, 0.2) is 70.5 Å². The van der Waals surface area contributed by atoms with Gasteiger partial charge in [-0.15, -0.1) is 0 Å². The van der Waals surface area contributed by atoms with E-state index in [1.807, 2.05) is 56.3 Å². The third-order valence-corrected chi connectivity index (χ3v) is 6.31. The Morgan fingerprint density at radius 1 is 1.00 bits per heavy atom. The van der Waals surface area contributed by atoms with Crippen molar-refractivity contribution in [3.8, 4) is 11.5 Å². The van der Waals surface area contributed by atoms with Gasteiger partial charge in [-0.25, -0.2) is 0 Å². The Labute approximate surface area is 184 Å². The van der Waals surface area contributed by atoms with Gasteiger partial charge in [-0.2, -0.15) is 0 Å². The van der Waals surface area contributed by atoms with Crippen molar-refractivity contribution in [3.05, 3.63) is 71.8 Å². The Bertz CT molecular complexity index is 1210. The highest BCUT2D eigenvalue weighted by atomic mass is 32.2. The molecule has 0 radical (unpaired) electrons. The van der Waals surface area contributed by atoms with Crippen molar-refractivity contribution >= 4 is 35.0 Å². The van der Waals surface area contributed by atoms with Gasteiger partial charge in [0.2, 0.25) is 6.79 Å². The van der Waals surface area contributed by atoms with E-state index in [9.17, 15) is 9.59 Å². The first-order chi connectivity index (χ1) is 15.0. The number of carbonyl (C=O) groups is 2. The second-order valence-electron chi connectivity index (χ2n) is 7.57. The molecule has 3 aromatic carbocycles. The van der Waals surface area contributed by atoms with Gasteiger partial charge in [0.1, 0.15) is 0 Å². The van der Waals surface area contributed by atoms with E-state index in [-0.39, 0.29) is 24.6 Å². The minimum Gasteiger partial charge on any atom is -0.454 e. The zero-order valence-corrected chi connectivity index (χ0v) is 17.9. The van der Waals surface area contributed by atoms with E-state index in [1.165, 1.54) is 11.8 Å². The van der Waals surface area contributed by atoms with Gasteiger partial charge in [-0.1, -0.05) is 23.9 Å². The molecule has 0 atom stereocenters. The molecule has 2 aliphatic heterocycles. The van der Waals surface area contributed by atoms with Crippen molar-refractivity contribution in [3.63, 3.8) is 0 Å². The molecule has 0 saturated carbocycles. The Morgan fingerprint density at radius 2 is 1.81 bits per heavy atom. The lowest BCUT2D eigenvalue weighted by Gasteiger charge is -2.27. The van der Waals surface area contributed by atoms with Gasteiger partial charge < -0.3 is 19.7 Å². The first kappa shape index (κ1) is 19.5. The normalized spacial score (nSPS) is 14.2. The second-order valence-corrected chi connectivity index (χ2v) is 8.66. The van der Waals surface area contributed by atoms with Gasteiger partial charge in [0, 0.05) is 27.1 Å². The largest absolute Gasteiger partial charge is 0.454 e. The van der Waals surface area contributed by atoms with Crippen molar-refractivity contribution in [2.45, 2.75) is 29.7 Å². The summed E-state index contributed by atoms with van der Waals surface area (Å²) >= 11 is 1.53. The summed E-state index contributed by atoms with van der Waals surface area (Å²) in [5.74, 6) is 0.936. The predicted octanol–water partition coefficient (Wildman–Crippen LogP) is 5.19. The van der Waals surface area contributed by atoms with E-state index in [0.29, 0.717) is 28.3 Å². The summed E-state index contributed by atoms with van der Waals surface area (Å²) in [6.07, 6.45) is 0. The molecule has 31 heavy (non-hydrogen) atoms. The molecule has 0 unspecified atom stereocenters. The van der Waals surface area contributed by atoms with Gasteiger partial charge in [0.15, 0.2) is 11.5 Å². The number of anilines is 2. The number of rotatable bonds is 3. The molecule has 156 valence electrons. The molecule has 0 spiro atoms. The maximum atomic E-state index is 13.2. The van der Waals surface area contributed by atoms with Gasteiger partial charge >= 0.3 is 0 Å². The molecule has 1 N–H and O–H groups in total. The lowest BCUT2D eigenvalue weighted by molar-refractivity contribution is 0.0976. The lowest BCUT2D eigenvalue weighted by atomic mass is 10.1. The highest BCUT2D eigenvalue weighted by Crippen LogP contribution is 2.43. The molecular formula is C24H20N2O4S. The van der Waals surface area contributed by atoms with E-state index < -0.39 is 0 Å². The molecule has 7 heteroatoms. The molecule has 0 bridgehead atoms. The number of amides is 2. The molecule has 2 aliphatic rings. The van der Waals surface area contributed by atoms with Crippen molar-refractivity contribution in [2.75, 3.05) is 17.0 Å². The lowest BCUT2D eigenvalue weighted by Crippen LogP contribution is -2.36. The Morgan fingerprint density at radius 3 is 2.65 bits per heavy atom. The Hall–Kier alpha value is -3.45. The number of benzene rings is 3.